The summed E-state index contributed by atoms with van der Waals surface area (Å²) in [5, 5.41) is 5.11. The Labute approximate surface area is 249 Å². The van der Waals surface area contributed by atoms with E-state index in [9.17, 15) is 4.39 Å². The average molecular weight is 589 g/mol. The van der Waals surface area contributed by atoms with Crippen molar-refractivity contribution in [1.82, 2.24) is 29.3 Å². The van der Waals surface area contributed by atoms with E-state index in [1.165, 1.54) is 6.20 Å². The highest BCUT2D eigenvalue weighted by molar-refractivity contribution is 6.74. The molecule has 1 aliphatic carbocycles. The highest BCUT2D eigenvalue weighted by atomic mass is 28.4. The zero-order valence-corrected chi connectivity index (χ0v) is 26.7. The number of aromatic nitrogens is 5. The summed E-state index contributed by atoms with van der Waals surface area (Å²) in [5.41, 5.74) is 2.35. The zero-order chi connectivity index (χ0) is 29.6. The molecule has 12 heteroatoms. The Morgan fingerprint density at radius 1 is 1.05 bits per heavy atom. The minimum Gasteiger partial charge on any atom is -0.415 e. The number of pyridine rings is 2. The Bertz CT molecular complexity index is 1570. The molecule has 0 bridgehead atoms. The van der Waals surface area contributed by atoms with Crippen LogP contribution in [0, 0.1) is 5.95 Å². The second kappa shape index (κ2) is 11.2. The monoisotopic (exact) mass is 588 g/mol. The number of nitrogens with one attached hydrogen (secondary N) is 1. The van der Waals surface area contributed by atoms with E-state index in [2.05, 4.69) is 72.9 Å². The molecule has 6 rings (SSSR count). The lowest BCUT2D eigenvalue weighted by atomic mass is 10.1. The van der Waals surface area contributed by atoms with Crippen LogP contribution >= 0.6 is 0 Å². The first kappa shape index (κ1) is 29.0. The van der Waals surface area contributed by atoms with E-state index in [1.54, 1.807) is 6.20 Å². The number of fused-ring (bicyclic) bond motifs is 3. The fourth-order valence-corrected chi connectivity index (χ4v) is 6.99. The lowest BCUT2D eigenvalue weighted by Crippen LogP contribution is -2.55. The van der Waals surface area contributed by atoms with E-state index in [-0.39, 0.29) is 11.1 Å². The number of anilines is 3. The van der Waals surface area contributed by atoms with Crippen molar-refractivity contribution in [3.63, 3.8) is 0 Å². The van der Waals surface area contributed by atoms with Gasteiger partial charge in [0, 0.05) is 54.9 Å². The summed E-state index contributed by atoms with van der Waals surface area (Å²) in [6.45, 7) is 15.0. The molecule has 1 atom stereocenters. The maximum absolute atomic E-state index is 14.9. The van der Waals surface area contributed by atoms with E-state index in [1.807, 2.05) is 22.9 Å². The smallest absolute Gasteiger partial charge is 0.237 e. The Hall–Kier alpha value is -3.09. The first-order chi connectivity index (χ1) is 20.0. The van der Waals surface area contributed by atoms with Gasteiger partial charge in [-0.3, -0.25) is 0 Å². The maximum Gasteiger partial charge on any atom is 0.237 e. The van der Waals surface area contributed by atoms with Gasteiger partial charge in [-0.15, -0.1) is 0 Å². The van der Waals surface area contributed by atoms with Gasteiger partial charge < -0.3 is 24.0 Å². The second-order valence-corrected chi connectivity index (χ2v) is 18.2. The molecule has 2 aliphatic rings. The summed E-state index contributed by atoms with van der Waals surface area (Å²) in [6.07, 6.45) is 9.50. The summed E-state index contributed by atoms with van der Waals surface area (Å²) in [4.78, 5) is 22.9. The highest BCUT2D eigenvalue weighted by Gasteiger charge is 2.38. The molecule has 0 spiro atoms. The van der Waals surface area contributed by atoms with Crippen LogP contribution in [-0.4, -0.2) is 77.9 Å². The molecule has 1 saturated heterocycles. The molecule has 4 aromatic rings. The van der Waals surface area contributed by atoms with E-state index < -0.39 is 14.3 Å². The number of rotatable bonds is 7. The van der Waals surface area contributed by atoms with Gasteiger partial charge in [0.2, 0.25) is 11.9 Å². The number of nitrogens with zero attached hydrogens (tertiary/aromatic N) is 7. The van der Waals surface area contributed by atoms with Crippen LogP contribution in [0.4, 0.5) is 21.8 Å². The van der Waals surface area contributed by atoms with E-state index in [0.29, 0.717) is 23.3 Å². The molecule has 1 saturated carbocycles. The molecule has 0 radical (unpaired) electrons. The summed E-state index contributed by atoms with van der Waals surface area (Å²) >= 11 is 0. The number of hydrogen-bond acceptors (Lipinski definition) is 8. The topological polar surface area (TPSA) is 84.2 Å². The van der Waals surface area contributed by atoms with Gasteiger partial charge in [-0.2, -0.15) is 9.37 Å². The number of hydrogen-bond donors (Lipinski definition) is 1. The molecule has 0 aromatic carbocycles. The largest absolute Gasteiger partial charge is 0.415 e. The van der Waals surface area contributed by atoms with Crippen molar-refractivity contribution in [2.45, 2.75) is 76.7 Å². The van der Waals surface area contributed by atoms with Crippen molar-refractivity contribution in [1.29, 1.82) is 0 Å². The van der Waals surface area contributed by atoms with Crippen LogP contribution < -0.4 is 10.2 Å². The molecular formula is C30H42BFN8OSi. The zero-order valence-electron chi connectivity index (χ0n) is 25.7. The van der Waals surface area contributed by atoms with Gasteiger partial charge in [0.05, 0.1) is 18.5 Å². The fourth-order valence-electron chi connectivity index (χ4n) is 5.95. The Morgan fingerprint density at radius 2 is 1.83 bits per heavy atom. The van der Waals surface area contributed by atoms with Crippen LogP contribution in [0.2, 0.25) is 18.1 Å². The Morgan fingerprint density at radius 3 is 2.55 bits per heavy atom. The van der Waals surface area contributed by atoms with Crippen LogP contribution in [0.1, 0.15) is 52.5 Å². The second-order valence-electron chi connectivity index (χ2n) is 13.4. The molecule has 1 N–H and O–H groups in total. The first-order valence-electron chi connectivity index (χ1n) is 15.2. The number of piperazine rings is 1. The molecule has 9 nitrogen and oxygen atoms in total. The van der Waals surface area contributed by atoms with Gasteiger partial charge in [0.1, 0.15) is 17.0 Å². The highest BCUT2D eigenvalue weighted by Crippen LogP contribution is 2.39. The van der Waals surface area contributed by atoms with Crippen molar-refractivity contribution in [2.24, 2.45) is 0 Å². The van der Waals surface area contributed by atoms with Crippen LogP contribution in [0.25, 0.3) is 21.9 Å². The molecule has 2 fully saturated rings. The lowest BCUT2D eigenvalue weighted by Gasteiger charge is -2.43. The quantitative estimate of drug-likeness (QED) is 0.226. The maximum atomic E-state index is 14.9. The number of halogens is 1. The molecule has 1 aliphatic heterocycles. The van der Waals surface area contributed by atoms with Crippen LogP contribution in [-0.2, 0) is 4.43 Å². The van der Waals surface area contributed by atoms with Gasteiger partial charge >= 0.3 is 0 Å². The average Bonchev–Trinajstić information content (AvgIpc) is 3.59. The summed E-state index contributed by atoms with van der Waals surface area (Å²) in [7, 11) is 0.384. The van der Waals surface area contributed by atoms with Crippen LogP contribution in [0.5, 0.6) is 0 Å². The third-order valence-electron chi connectivity index (χ3n) is 9.67. The minimum absolute atomic E-state index is 0.196. The molecule has 42 heavy (non-hydrogen) atoms. The van der Waals surface area contributed by atoms with Crippen LogP contribution in [0.15, 0.2) is 36.8 Å². The van der Waals surface area contributed by atoms with Gasteiger partial charge in [0.25, 0.3) is 0 Å². The Balaban J connectivity index is 1.19. The third kappa shape index (κ3) is 5.51. The summed E-state index contributed by atoms with van der Waals surface area (Å²) in [5.74, 6) is 0.656. The minimum atomic E-state index is -1.81. The predicted octanol–water partition coefficient (Wildman–Crippen LogP) is 5.43. The van der Waals surface area contributed by atoms with Crippen molar-refractivity contribution >= 4 is 55.7 Å². The normalized spacial score (nSPS) is 19.3. The van der Waals surface area contributed by atoms with Gasteiger partial charge in [-0.05, 0) is 49.2 Å². The molecule has 222 valence electrons. The molecule has 0 amide bonds. The SMILES string of the molecule is BN1CCN(c2ccc(Nc3ncc4c5ccnc(F)c5n(C5CCCC5)c4n3)nc2)C[C@@H]1CO[Si](C)(C)C(C)(C)C. The first-order valence-corrected chi connectivity index (χ1v) is 18.1. The van der Waals surface area contributed by atoms with Crippen molar-refractivity contribution in [3.8, 4) is 0 Å². The van der Waals surface area contributed by atoms with E-state index >= 15 is 0 Å². The van der Waals surface area contributed by atoms with Crippen LogP contribution in [0.3, 0.4) is 0 Å². The molecular weight excluding hydrogens is 546 g/mol. The summed E-state index contributed by atoms with van der Waals surface area (Å²) < 4.78 is 23.6. The summed E-state index contributed by atoms with van der Waals surface area (Å²) in [6, 6.07) is 6.46. The standard InChI is InChI=1S/C30H42BFN8OSi/c1-30(2,3)42(4,5)41-19-22-18-38(14-15-39(22)31)21-10-11-25(34-16-21)36-29-35-17-24-23-12-13-33-27(32)26(23)40(28(24)37-29)20-8-6-7-9-20/h10-13,16-17,20,22H,6-9,14-15,18-19,31H2,1-5H3,(H,34,35,36,37)/t22-/m1/s1. The fraction of sp³-hybridized carbons (Fsp3) is 0.533. The molecule has 4 aromatic heterocycles. The third-order valence-corrected chi connectivity index (χ3v) is 14.2. The van der Waals surface area contributed by atoms with E-state index in [0.717, 1.165) is 74.0 Å². The van der Waals surface area contributed by atoms with Gasteiger partial charge in [-0.1, -0.05) is 33.6 Å². The predicted molar refractivity (Wildman–Crippen MR) is 172 cm³/mol. The van der Waals surface area contributed by atoms with Gasteiger partial charge in [-0.25, -0.2) is 15.0 Å². The van der Waals surface area contributed by atoms with E-state index in [4.69, 9.17) is 14.4 Å². The van der Waals surface area contributed by atoms with Crippen molar-refractivity contribution < 1.29 is 8.82 Å². The Kier molecular flexibility index (Phi) is 7.73. The van der Waals surface area contributed by atoms with Gasteiger partial charge in [0.15, 0.2) is 16.3 Å². The molecule has 0 unspecified atom stereocenters. The lowest BCUT2D eigenvalue weighted by molar-refractivity contribution is 0.182. The van der Waals surface area contributed by atoms with Crippen molar-refractivity contribution in [3.05, 3.63) is 42.7 Å². The van der Waals surface area contributed by atoms with Crippen molar-refractivity contribution in [2.75, 3.05) is 36.5 Å². The molecule has 5 heterocycles.